The molecule has 6 nitrogen and oxygen atoms in total. The van der Waals surface area contributed by atoms with Crippen LogP contribution in [0.5, 0.6) is 5.75 Å². The highest BCUT2D eigenvalue weighted by atomic mass is 19.1. The summed E-state index contributed by atoms with van der Waals surface area (Å²) in [7, 11) is 1.56. The standard InChI is InChI=1S/C26H23FN2O4/c1-33-23-4-2-3-19(15-23)24(13-17-5-9-22(27)10-6-17)26(31)29-12-11-18-7-8-20(25(30)28-32)14-21(18)16-29/h2-10,13-15,32H,11-12,16H2,1H3,(H,28,30)/b24-13+. The maximum atomic E-state index is 13.7. The topological polar surface area (TPSA) is 78.9 Å². The number of nitrogens with one attached hydrogen (secondary N) is 1. The minimum absolute atomic E-state index is 0.185. The van der Waals surface area contributed by atoms with Crippen LogP contribution in [0.3, 0.4) is 0 Å². The van der Waals surface area contributed by atoms with E-state index in [0.717, 1.165) is 11.1 Å². The Morgan fingerprint density at radius 2 is 1.82 bits per heavy atom. The van der Waals surface area contributed by atoms with Gasteiger partial charge in [0, 0.05) is 24.2 Å². The number of benzene rings is 3. The molecule has 168 valence electrons. The molecule has 0 spiro atoms. The first kappa shape index (κ1) is 22.2. The van der Waals surface area contributed by atoms with E-state index in [9.17, 15) is 14.0 Å². The number of methoxy groups -OCH3 is 1. The largest absolute Gasteiger partial charge is 0.497 e. The number of hydrogen-bond donors (Lipinski definition) is 2. The van der Waals surface area contributed by atoms with E-state index in [4.69, 9.17) is 9.94 Å². The molecular weight excluding hydrogens is 423 g/mol. The molecule has 0 aliphatic carbocycles. The van der Waals surface area contributed by atoms with Crippen molar-refractivity contribution < 1.29 is 23.9 Å². The summed E-state index contributed by atoms with van der Waals surface area (Å²) >= 11 is 0. The van der Waals surface area contributed by atoms with Gasteiger partial charge in [-0.15, -0.1) is 0 Å². The third-order valence-corrected chi connectivity index (χ3v) is 5.66. The molecule has 1 aliphatic rings. The predicted octanol–water partition coefficient (Wildman–Crippen LogP) is 4.08. The second-order valence-electron chi connectivity index (χ2n) is 7.74. The van der Waals surface area contributed by atoms with Crippen LogP contribution < -0.4 is 10.2 Å². The van der Waals surface area contributed by atoms with E-state index in [-0.39, 0.29) is 11.7 Å². The molecule has 7 heteroatoms. The fourth-order valence-electron chi connectivity index (χ4n) is 3.89. The summed E-state index contributed by atoms with van der Waals surface area (Å²) < 4.78 is 18.7. The highest BCUT2D eigenvalue weighted by molar-refractivity contribution is 6.24. The third kappa shape index (κ3) is 4.94. The van der Waals surface area contributed by atoms with Gasteiger partial charge in [0.1, 0.15) is 11.6 Å². The number of hydrogen-bond acceptors (Lipinski definition) is 4. The molecule has 2 N–H and O–H groups in total. The van der Waals surface area contributed by atoms with Gasteiger partial charge >= 0.3 is 0 Å². The van der Waals surface area contributed by atoms with E-state index >= 15 is 0 Å². The Balaban J connectivity index is 1.69. The highest BCUT2D eigenvalue weighted by Gasteiger charge is 2.25. The Bertz CT molecular complexity index is 1220. The van der Waals surface area contributed by atoms with E-state index < -0.39 is 5.91 Å². The minimum atomic E-state index is -0.602. The van der Waals surface area contributed by atoms with Gasteiger partial charge in [0.05, 0.1) is 7.11 Å². The van der Waals surface area contributed by atoms with Crippen LogP contribution in [0.2, 0.25) is 0 Å². The number of rotatable bonds is 5. The first-order valence-corrected chi connectivity index (χ1v) is 10.5. The number of carbonyl (C=O) groups excluding carboxylic acids is 2. The molecule has 3 aromatic rings. The lowest BCUT2D eigenvalue weighted by molar-refractivity contribution is -0.125. The van der Waals surface area contributed by atoms with Crippen molar-refractivity contribution in [3.63, 3.8) is 0 Å². The van der Waals surface area contributed by atoms with E-state index in [1.165, 1.54) is 12.1 Å². The van der Waals surface area contributed by atoms with Crippen LogP contribution in [0.15, 0.2) is 66.7 Å². The number of carbonyl (C=O) groups is 2. The van der Waals surface area contributed by atoms with Crippen molar-refractivity contribution in [3.05, 3.63) is 100 Å². The smallest absolute Gasteiger partial charge is 0.274 e. The molecule has 0 fully saturated rings. The SMILES string of the molecule is COc1cccc(/C(=C\c2ccc(F)cc2)C(=O)N2CCc3ccc(C(=O)NO)cc3C2)c1. The van der Waals surface area contributed by atoms with Crippen molar-refractivity contribution in [1.82, 2.24) is 10.4 Å². The fraction of sp³-hybridized carbons (Fsp3) is 0.154. The molecule has 0 aromatic heterocycles. The van der Waals surface area contributed by atoms with Gasteiger partial charge in [-0.3, -0.25) is 14.8 Å². The average Bonchev–Trinajstić information content (AvgIpc) is 2.86. The lowest BCUT2D eigenvalue weighted by Gasteiger charge is -2.30. The van der Waals surface area contributed by atoms with E-state index in [2.05, 4.69) is 0 Å². The van der Waals surface area contributed by atoms with Crippen molar-refractivity contribution in [2.24, 2.45) is 0 Å². The molecule has 1 aliphatic heterocycles. The van der Waals surface area contributed by atoms with Crippen LogP contribution >= 0.6 is 0 Å². The fourth-order valence-corrected chi connectivity index (χ4v) is 3.89. The van der Waals surface area contributed by atoms with Gasteiger partial charge in [0.2, 0.25) is 0 Å². The molecule has 0 radical (unpaired) electrons. The molecule has 2 amide bonds. The molecular formula is C26H23FN2O4. The van der Waals surface area contributed by atoms with Crippen LogP contribution in [-0.4, -0.2) is 35.6 Å². The number of halogens is 1. The Labute approximate surface area is 190 Å². The van der Waals surface area contributed by atoms with Gasteiger partial charge in [-0.25, -0.2) is 9.87 Å². The van der Waals surface area contributed by atoms with Crippen molar-refractivity contribution in [3.8, 4) is 5.75 Å². The monoisotopic (exact) mass is 446 g/mol. The normalized spacial score (nSPS) is 13.3. The average molecular weight is 446 g/mol. The molecule has 0 atom stereocenters. The lowest BCUT2D eigenvalue weighted by atomic mass is 9.95. The zero-order chi connectivity index (χ0) is 23.4. The Morgan fingerprint density at radius 3 is 2.55 bits per heavy atom. The molecule has 0 saturated heterocycles. The second-order valence-corrected chi connectivity index (χ2v) is 7.74. The van der Waals surface area contributed by atoms with E-state index in [1.807, 2.05) is 18.2 Å². The summed E-state index contributed by atoms with van der Waals surface area (Å²) in [6.45, 7) is 0.841. The zero-order valence-electron chi connectivity index (χ0n) is 18.0. The molecule has 33 heavy (non-hydrogen) atoms. The van der Waals surface area contributed by atoms with E-state index in [1.54, 1.807) is 60.0 Å². The summed E-state index contributed by atoms with van der Waals surface area (Å²) in [4.78, 5) is 27.2. The number of ether oxygens (including phenoxy) is 1. The third-order valence-electron chi connectivity index (χ3n) is 5.66. The maximum absolute atomic E-state index is 13.7. The molecule has 1 heterocycles. The molecule has 0 saturated carbocycles. The van der Waals surface area contributed by atoms with Gasteiger partial charge < -0.3 is 9.64 Å². The molecule has 4 rings (SSSR count). The highest BCUT2D eigenvalue weighted by Crippen LogP contribution is 2.28. The van der Waals surface area contributed by atoms with Crippen molar-refractivity contribution in [2.75, 3.05) is 13.7 Å². The van der Waals surface area contributed by atoms with Gasteiger partial charge in [-0.05, 0) is 71.1 Å². The first-order valence-electron chi connectivity index (χ1n) is 10.5. The lowest BCUT2D eigenvalue weighted by Crippen LogP contribution is -2.36. The zero-order valence-corrected chi connectivity index (χ0v) is 18.0. The Morgan fingerprint density at radius 1 is 1.03 bits per heavy atom. The van der Waals surface area contributed by atoms with Crippen LogP contribution in [0.1, 0.15) is 32.6 Å². The molecule has 0 bridgehead atoms. The minimum Gasteiger partial charge on any atom is -0.497 e. The van der Waals surface area contributed by atoms with Crippen molar-refractivity contribution >= 4 is 23.5 Å². The van der Waals surface area contributed by atoms with Crippen LogP contribution in [0, 0.1) is 5.82 Å². The summed E-state index contributed by atoms with van der Waals surface area (Å²) in [5, 5.41) is 8.93. The van der Waals surface area contributed by atoms with Crippen LogP contribution in [0.25, 0.3) is 11.6 Å². The number of fused-ring (bicyclic) bond motifs is 1. The summed E-state index contributed by atoms with van der Waals surface area (Å²) in [5.41, 5.74) is 5.69. The number of hydroxylamine groups is 1. The number of nitrogens with zero attached hydrogens (tertiary/aromatic N) is 1. The van der Waals surface area contributed by atoms with Crippen molar-refractivity contribution in [2.45, 2.75) is 13.0 Å². The van der Waals surface area contributed by atoms with Gasteiger partial charge in [-0.2, -0.15) is 0 Å². The van der Waals surface area contributed by atoms with Gasteiger partial charge in [0.25, 0.3) is 11.8 Å². The molecule has 3 aromatic carbocycles. The maximum Gasteiger partial charge on any atom is 0.274 e. The second kappa shape index (κ2) is 9.67. The Kier molecular flexibility index (Phi) is 6.51. The van der Waals surface area contributed by atoms with Crippen LogP contribution in [0.4, 0.5) is 4.39 Å². The summed E-state index contributed by atoms with van der Waals surface area (Å²) in [5.74, 6) is -0.518. The van der Waals surface area contributed by atoms with Gasteiger partial charge in [-0.1, -0.05) is 30.3 Å². The van der Waals surface area contributed by atoms with Crippen LogP contribution in [-0.2, 0) is 17.8 Å². The summed E-state index contributed by atoms with van der Waals surface area (Å²) in [6, 6.07) is 18.4. The number of amides is 2. The predicted molar refractivity (Wildman–Crippen MR) is 122 cm³/mol. The first-order chi connectivity index (χ1) is 16.0. The van der Waals surface area contributed by atoms with Gasteiger partial charge in [0.15, 0.2) is 0 Å². The van der Waals surface area contributed by atoms with Crippen molar-refractivity contribution in [1.29, 1.82) is 0 Å². The molecule has 0 unspecified atom stereocenters. The van der Waals surface area contributed by atoms with E-state index in [0.29, 0.717) is 47.5 Å². The summed E-state index contributed by atoms with van der Waals surface area (Å²) in [6.07, 6.45) is 2.38. The quantitative estimate of drug-likeness (QED) is 0.268. The Hall–Kier alpha value is -3.97.